The molecular weight excluding hydrogens is 648 g/mol. The van der Waals surface area contributed by atoms with Gasteiger partial charge in [-0.05, 0) is 60.9 Å². The summed E-state index contributed by atoms with van der Waals surface area (Å²) in [6.45, 7) is 3.10. The summed E-state index contributed by atoms with van der Waals surface area (Å²) in [6.07, 6.45) is 2.00. The van der Waals surface area contributed by atoms with Gasteiger partial charge in [0.05, 0.1) is 22.9 Å². The van der Waals surface area contributed by atoms with Gasteiger partial charge in [-0.3, -0.25) is 34.1 Å². The molecule has 1 aromatic heterocycles. The number of rotatable bonds is 9. The number of nitrogens with one attached hydrogen (secondary N) is 3. The highest BCUT2D eigenvalue weighted by atomic mass is 32.2. The van der Waals surface area contributed by atoms with E-state index in [4.69, 9.17) is 9.97 Å². The predicted octanol–water partition coefficient (Wildman–Crippen LogP) is 2.38. The monoisotopic (exact) mass is 682 g/mol. The van der Waals surface area contributed by atoms with Crippen molar-refractivity contribution in [2.24, 2.45) is 0 Å². The number of carbonyl (C=O) groups is 4. The molecule has 0 bridgehead atoms. The van der Waals surface area contributed by atoms with Gasteiger partial charge in [-0.1, -0.05) is 24.3 Å². The lowest BCUT2D eigenvalue weighted by Crippen LogP contribution is -2.54. The normalized spacial score (nSPS) is 18.1. The summed E-state index contributed by atoms with van der Waals surface area (Å²) in [7, 11) is -3.34. The van der Waals surface area contributed by atoms with E-state index in [2.05, 4.69) is 25.2 Å². The summed E-state index contributed by atoms with van der Waals surface area (Å²) in [5.74, 6) is -0.768. The quantitative estimate of drug-likeness (QED) is 0.221. The van der Waals surface area contributed by atoms with Crippen LogP contribution in [0.3, 0.4) is 0 Å². The number of fused-ring (bicyclic) bond motifs is 2. The molecule has 2 fully saturated rings. The molecule has 0 aliphatic carbocycles. The molecule has 7 rings (SSSR count). The SMILES string of the molecule is CS(=O)(=O)Nc1ccc(CCNc2nc(N3CCN(c4ccc5c(c4)C(=O)N(C4CCC(=O)NC4=O)C5=O)CC3)nc3ccccc23)cc1. The molecule has 0 spiro atoms. The van der Waals surface area contributed by atoms with Crippen LogP contribution in [0.2, 0.25) is 0 Å². The second-order valence-electron chi connectivity index (χ2n) is 12.3. The van der Waals surface area contributed by atoms with Crippen LogP contribution in [0.4, 0.5) is 23.1 Å². The predicted molar refractivity (Wildman–Crippen MR) is 184 cm³/mol. The summed E-state index contributed by atoms with van der Waals surface area (Å²) in [4.78, 5) is 65.5. The molecule has 15 heteroatoms. The van der Waals surface area contributed by atoms with Crippen molar-refractivity contribution >= 4 is 67.7 Å². The average molecular weight is 683 g/mol. The van der Waals surface area contributed by atoms with Crippen LogP contribution in [-0.2, 0) is 26.0 Å². The number of hydrogen-bond donors (Lipinski definition) is 3. The van der Waals surface area contributed by atoms with E-state index in [1.165, 1.54) is 0 Å². The van der Waals surface area contributed by atoms with Crippen LogP contribution in [-0.4, -0.2) is 91.9 Å². The average Bonchev–Trinajstić information content (AvgIpc) is 3.33. The molecule has 1 unspecified atom stereocenters. The minimum atomic E-state index is -3.34. The van der Waals surface area contributed by atoms with E-state index in [-0.39, 0.29) is 24.0 Å². The van der Waals surface area contributed by atoms with E-state index < -0.39 is 39.7 Å². The van der Waals surface area contributed by atoms with Crippen LogP contribution in [0, 0.1) is 0 Å². The molecule has 0 saturated carbocycles. The van der Waals surface area contributed by atoms with Gasteiger partial charge in [0.15, 0.2) is 0 Å². The number of amides is 4. The van der Waals surface area contributed by atoms with Crippen LogP contribution in [0.15, 0.2) is 66.7 Å². The first kappa shape index (κ1) is 32.0. The molecule has 0 radical (unpaired) electrons. The summed E-state index contributed by atoms with van der Waals surface area (Å²) in [5, 5.41) is 6.59. The second-order valence-corrected chi connectivity index (χ2v) is 14.0. The van der Waals surface area contributed by atoms with E-state index >= 15 is 0 Å². The first-order chi connectivity index (χ1) is 23.5. The Kier molecular flexibility index (Phi) is 8.36. The molecule has 3 aliphatic rings. The Morgan fingerprint density at radius 3 is 2.31 bits per heavy atom. The van der Waals surface area contributed by atoms with Crippen molar-refractivity contribution in [2.45, 2.75) is 25.3 Å². The lowest BCUT2D eigenvalue weighted by atomic mass is 10.0. The zero-order valence-corrected chi connectivity index (χ0v) is 27.5. The maximum atomic E-state index is 13.3. The third kappa shape index (κ3) is 6.61. The molecule has 49 heavy (non-hydrogen) atoms. The van der Waals surface area contributed by atoms with Gasteiger partial charge in [0.2, 0.25) is 27.8 Å². The summed E-state index contributed by atoms with van der Waals surface area (Å²) < 4.78 is 25.5. The number of hydrogen-bond acceptors (Lipinski definition) is 11. The van der Waals surface area contributed by atoms with E-state index in [0.29, 0.717) is 50.8 Å². The Balaban J connectivity index is 1.01. The molecule has 252 valence electrons. The van der Waals surface area contributed by atoms with Crippen LogP contribution < -0.4 is 25.2 Å². The van der Waals surface area contributed by atoms with E-state index in [0.717, 1.165) is 39.1 Å². The molecular formula is C34H34N8O6S. The van der Waals surface area contributed by atoms with Gasteiger partial charge in [-0.2, -0.15) is 4.98 Å². The van der Waals surface area contributed by atoms with E-state index in [1.54, 1.807) is 24.3 Å². The van der Waals surface area contributed by atoms with E-state index in [1.807, 2.05) is 42.5 Å². The van der Waals surface area contributed by atoms with Crippen LogP contribution in [0.5, 0.6) is 0 Å². The highest BCUT2D eigenvalue weighted by Crippen LogP contribution is 2.32. The van der Waals surface area contributed by atoms with Gasteiger partial charge in [-0.25, -0.2) is 13.4 Å². The van der Waals surface area contributed by atoms with Crippen LogP contribution >= 0.6 is 0 Å². The topological polar surface area (TPSA) is 174 Å². The standard InChI is InChI=1S/C34H34N8O6S/c1-49(47,48)39-22-8-6-21(7-9-22)14-15-35-30-25-4-2-3-5-27(25)36-34(38-30)41-18-16-40(17-19-41)23-10-11-24-26(20-23)33(46)42(32(24)45)28-12-13-29(43)37-31(28)44/h2-11,20,28,39H,12-19H2,1H3,(H,35,36,38)(H,37,43,44). The number of carbonyl (C=O) groups excluding carboxylic acids is 4. The summed E-state index contributed by atoms with van der Waals surface area (Å²) in [5.41, 5.74) is 3.68. The first-order valence-electron chi connectivity index (χ1n) is 16.0. The molecule has 1 atom stereocenters. The van der Waals surface area contributed by atoms with E-state index in [9.17, 15) is 27.6 Å². The largest absolute Gasteiger partial charge is 0.369 e. The zero-order chi connectivity index (χ0) is 34.3. The fourth-order valence-corrected chi connectivity index (χ4v) is 7.00. The molecule has 4 aromatic rings. The van der Waals surface area contributed by atoms with Crippen molar-refractivity contribution in [3.8, 4) is 0 Å². The number of benzene rings is 3. The highest BCUT2D eigenvalue weighted by Gasteiger charge is 2.44. The van der Waals surface area contributed by atoms with Crippen molar-refractivity contribution in [2.75, 3.05) is 58.8 Å². The first-order valence-corrected chi connectivity index (χ1v) is 17.9. The minimum absolute atomic E-state index is 0.0702. The fraction of sp³-hybridized carbons (Fsp3) is 0.294. The molecule has 14 nitrogen and oxygen atoms in total. The lowest BCUT2D eigenvalue weighted by Gasteiger charge is -2.36. The Labute approximate surface area is 282 Å². The van der Waals surface area contributed by atoms with Gasteiger partial charge >= 0.3 is 0 Å². The van der Waals surface area contributed by atoms with Crippen molar-refractivity contribution in [1.29, 1.82) is 0 Å². The number of sulfonamides is 1. The molecule has 3 aliphatic heterocycles. The number of imide groups is 2. The van der Waals surface area contributed by atoms with Crippen molar-refractivity contribution < 1.29 is 27.6 Å². The summed E-state index contributed by atoms with van der Waals surface area (Å²) >= 11 is 0. The third-order valence-electron chi connectivity index (χ3n) is 8.91. The van der Waals surface area contributed by atoms with Crippen molar-refractivity contribution in [3.05, 3.63) is 83.4 Å². The second kappa shape index (κ2) is 12.8. The van der Waals surface area contributed by atoms with Gasteiger partial charge in [-0.15, -0.1) is 0 Å². The Morgan fingerprint density at radius 2 is 1.57 bits per heavy atom. The molecule has 4 heterocycles. The number of para-hydroxylation sites is 1. The van der Waals surface area contributed by atoms with Gasteiger partial charge in [0, 0.05) is 55.9 Å². The Hall–Kier alpha value is -5.57. The number of anilines is 4. The zero-order valence-electron chi connectivity index (χ0n) is 26.7. The van der Waals surface area contributed by atoms with Gasteiger partial charge in [0.1, 0.15) is 11.9 Å². The van der Waals surface area contributed by atoms with Crippen LogP contribution in [0.1, 0.15) is 39.1 Å². The molecule has 3 N–H and O–H groups in total. The maximum Gasteiger partial charge on any atom is 0.262 e. The van der Waals surface area contributed by atoms with Gasteiger partial charge in [0.25, 0.3) is 11.8 Å². The molecule has 3 aromatic carbocycles. The minimum Gasteiger partial charge on any atom is -0.369 e. The Bertz CT molecular complexity index is 2100. The number of nitrogens with zero attached hydrogens (tertiary/aromatic N) is 5. The number of aromatic nitrogens is 2. The Morgan fingerprint density at radius 1 is 0.857 bits per heavy atom. The van der Waals surface area contributed by atoms with Gasteiger partial charge < -0.3 is 15.1 Å². The molecule has 2 saturated heterocycles. The smallest absolute Gasteiger partial charge is 0.262 e. The molecule has 4 amide bonds. The summed E-state index contributed by atoms with van der Waals surface area (Å²) in [6, 6.07) is 19.2. The number of piperazine rings is 1. The highest BCUT2D eigenvalue weighted by molar-refractivity contribution is 7.92. The number of piperidine rings is 1. The maximum absolute atomic E-state index is 13.3. The van der Waals surface area contributed by atoms with Crippen molar-refractivity contribution in [3.63, 3.8) is 0 Å². The van der Waals surface area contributed by atoms with Crippen molar-refractivity contribution in [1.82, 2.24) is 20.2 Å². The third-order valence-corrected chi connectivity index (χ3v) is 9.51. The lowest BCUT2D eigenvalue weighted by molar-refractivity contribution is -0.136. The fourth-order valence-electron chi connectivity index (χ4n) is 6.44. The van der Waals surface area contributed by atoms with Crippen LogP contribution in [0.25, 0.3) is 10.9 Å².